The van der Waals surface area contributed by atoms with E-state index in [1.165, 1.54) is 6.42 Å². The van der Waals surface area contributed by atoms with E-state index in [0.29, 0.717) is 6.61 Å². The molecule has 2 aromatic rings. The molecule has 1 fully saturated rings. The first kappa shape index (κ1) is 56.3. The smallest absolute Gasteiger partial charge is 0.364 e. The molecule has 1 heterocycles. The number of primary amides is 1. The lowest BCUT2D eigenvalue weighted by molar-refractivity contribution is -0.308. The van der Waals surface area contributed by atoms with Crippen molar-refractivity contribution in [3.05, 3.63) is 65.7 Å². The Kier molecular flexibility index (Phi) is 38.1. The van der Waals surface area contributed by atoms with Crippen LogP contribution in [0.15, 0.2) is 54.6 Å². The zero-order chi connectivity index (χ0) is 43.2. The van der Waals surface area contributed by atoms with Gasteiger partial charge < -0.3 is 45.7 Å². The predicted molar refractivity (Wildman–Crippen MR) is 224 cm³/mol. The van der Waals surface area contributed by atoms with Crippen LogP contribution in [0.4, 0.5) is 0 Å². The Balaban J connectivity index is -0.00000232. The van der Waals surface area contributed by atoms with Gasteiger partial charge in [0.2, 0.25) is 12.3 Å². The molecule has 3 rings (SSSR count). The van der Waals surface area contributed by atoms with Crippen LogP contribution in [0.3, 0.4) is 0 Å². The Labute approximate surface area is 337 Å². The number of nitrogens with two attached hydrogens (primary N) is 1. The molecular weight excluding hydrogens is 716 g/mol. The SMILES string of the molecule is C#CCCCCCCCCOc1ccc(CC(=O)NCC(O)[C@@H](O)[C@@H]2O[C@@](OCc3ccccc3)(C(=O)O)CCC2CO)cc1.CC.CC.CC.CC.NC=O. The van der Waals surface area contributed by atoms with Gasteiger partial charge >= 0.3 is 5.97 Å². The Bertz CT molecular complexity index is 1260. The summed E-state index contributed by atoms with van der Waals surface area (Å²) in [7, 11) is 0. The molecule has 12 nitrogen and oxygen atoms in total. The molecule has 1 saturated heterocycles. The molecule has 0 radical (unpaired) electrons. The second kappa shape index (κ2) is 37.9. The number of aliphatic carboxylic acids is 1. The summed E-state index contributed by atoms with van der Waals surface area (Å²) >= 11 is 0. The average molecular weight is 791 g/mol. The van der Waals surface area contributed by atoms with Crippen molar-refractivity contribution in [1.82, 2.24) is 5.32 Å². The maximum atomic E-state index is 12.6. The number of hydrogen-bond acceptors (Lipinski definition) is 9. The minimum atomic E-state index is -2.06. The molecule has 12 heteroatoms. The molecule has 320 valence electrons. The number of unbranched alkanes of at least 4 members (excludes halogenated alkanes) is 6. The minimum Gasteiger partial charge on any atom is -0.494 e. The van der Waals surface area contributed by atoms with Crippen molar-refractivity contribution in [2.45, 2.75) is 150 Å². The van der Waals surface area contributed by atoms with Gasteiger partial charge in [0.15, 0.2) is 0 Å². The summed E-state index contributed by atoms with van der Waals surface area (Å²) in [4.78, 5) is 33.4. The van der Waals surface area contributed by atoms with Crippen molar-refractivity contribution in [2.24, 2.45) is 11.7 Å². The highest BCUT2D eigenvalue weighted by atomic mass is 16.7. The minimum absolute atomic E-state index is 0.0415. The van der Waals surface area contributed by atoms with Crippen LogP contribution in [0.25, 0.3) is 0 Å². The lowest BCUT2D eigenvalue weighted by Crippen LogP contribution is -2.58. The van der Waals surface area contributed by atoms with Gasteiger partial charge in [-0.1, -0.05) is 124 Å². The van der Waals surface area contributed by atoms with Crippen molar-refractivity contribution < 1.29 is 49.0 Å². The summed E-state index contributed by atoms with van der Waals surface area (Å²) in [5.41, 5.74) is 5.65. The van der Waals surface area contributed by atoms with Gasteiger partial charge in [0.25, 0.3) is 5.79 Å². The Morgan fingerprint density at radius 1 is 0.929 bits per heavy atom. The van der Waals surface area contributed by atoms with E-state index in [2.05, 4.69) is 17.0 Å². The summed E-state index contributed by atoms with van der Waals surface area (Å²) < 4.78 is 17.3. The van der Waals surface area contributed by atoms with Crippen molar-refractivity contribution in [3.8, 4) is 18.1 Å². The maximum absolute atomic E-state index is 12.6. The Hall–Kier alpha value is -3.99. The highest BCUT2D eigenvalue weighted by molar-refractivity contribution is 5.78. The fourth-order valence-electron chi connectivity index (χ4n) is 5.29. The molecule has 1 aliphatic rings. The van der Waals surface area contributed by atoms with Crippen LogP contribution in [-0.4, -0.2) is 82.6 Å². The number of nitrogens with one attached hydrogen (secondary N) is 1. The standard InChI is InChI=1S/C35H47NO9.4C2H6.CH3NO/c1-2-3-4-5-6-7-8-12-21-43-29-17-15-26(16-18-29)22-31(39)36-23-30(38)32(40)33-28(24-37)19-20-35(45-33,34(41)42)44-25-27-13-10-9-11-14-27;4*1-2;2-1-3/h1,9-11,13-18,28,30,32-33,37-38,40H,3-8,12,19-25H2,(H,36,39)(H,41,42);4*1-2H3;1H,(H2,2,3)/t28?,30?,32-,33-,35-;;;;;/m1...../s1. The van der Waals surface area contributed by atoms with E-state index in [-0.39, 0.29) is 51.3 Å². The molecule has 56 heavy (non-hydrogen) atoms. The average Bonchev–Trinajstić information content (AvgIpc) is 3.25. The number of ether oxygens (including phenoxy) is 3. The van der Waals surface area contributed by atoms with Gasteiger partial charge in [-0.3, -0.25) is 9.59 Å². The van der Waals surface area contributed by atoms with Gasteiger partial charge in [0.05, 0.1) is 31.8 Å². The number of hydrogen-bond donors (Lipinski definition) is 6. The molecule has 2 aromatic carbocycles. The second-order valence-electron chi connectivity index (χ2n) is 11.6. The second-order valence-corrected chi connectivity index (χ2v) is 11.6. The predicted octanol–water partition coefficient (Wildman–Crippen LogP) is 6.80. The third kappa shape index (κ3) is 23.8. The normalized spacial score (nSPS) is 17.5. The molecule has 1 aliphatic heterocycles. The third-order valence-electron chi connectivity index (χ3n) is 8.02. The van der Waals surface area contributed by atoms with E-state index in [0.717, 1.165) is 55.4 Å². The highest BCUT2D eigenvalue weighted by Gasteiger charge is 2.51. The number of carboxylic acid groups (broad SMARTS) is 1. The quantitative estimate of drug-likeness (QED) is 0.0471. The van der Waals surface area contributed by atoms with E-state index >= 15 is 0 Å². The van der Waals surface area contributed by atoms with Crippen LogP contribution in [-0.2, 0) is 36.9 Å². The van der Waals surface area contributed by atoms with E-state index in [1.807, 2.05) is 73.6 Å². The van der Waals surface area contributed by atoms with Crippen LogP contribution in [0, 0.1) is 18.3 Å². The number of carbonyl (C=O) groups excluding carboxylic acids is 2. The molecule has 5 atom stereocenters. The lowest BCUT2D eigenvalue weighted by Gasteiger charge is -2.43. The van der Waals surface area contributed by atoms with Crippen molar-refractivity contribution in [3.63, 3.8) is 0 Å². The first-order chi connectivity index (χ1) is 27.2. The maximum Gasteiger partial charge on any atom is 0.364 e. The van der Waals surface area contributed by atoms with Crippen molar-refractivity contribution in [2.75, 3.05) is 19.8 Å². The van der Waals surface area contributed by atoms with Gasteiger partial charge in [-0.25, -0.2) is 4.79 Å². The van der Waals surface area contributed by atoms with Crippen LogP contribution >= 0.6 is 0 Å². The first-order valence-electron chi connectivity index (χ1n) is 20.3. The molecular formula is C44H74N2O10. The van der Waals surface area contributed by atoms with E-state index in [1.54, 1.807) is 36.4 Å². The fourth-order valence-corrected chi connectivity index (χ4v) is 5.29. The summed E-state index contributed by atoms with van der Waals surface area (Å²) in [6.07, 6.45) is 8.90. The third-order valence-corrected chi connectivity index (χ3v) is 8.02. The molecule has 2 amide bonds. The zero-order valence-corrected chi connectivity index (χ0v) is 35.4. The summed E-state index contributed by atoms with van der Waals surface area (Å²) in [5.74, 6) is -1.05. The van der Waals surface area contributed by atoms with Crippen molar-refractivity contribution in [1.29, 1.82) is 0 Å². The number of rotatable bonds is 20. The van der Waals surface area contributed by atoms with Crippen LogP contribution < -0.4 is 15.8 Å². The van der Waals surface area contributed by atoms with Gasteiger partial charge in [-0.15, -0.1) is 12.3 Å². The topological polar surface area (TPSA) is 198 Å². The van der Waals surface area contributed by atoms with Crippen LogP contribution in [0.5, 0.6) is 5.75 Å². The molecule has 2 unspecified atom stereocenters. The Morgan fingerprint density at radius 2 is 1.48 bits per heavy atom. The Morgan fingerprint density at radius 3 is 2.02 bits per heavy atom. The summed E-state index contributed by atoms with van der Waals surface area (Å²) in [5, 5.41) is 44.1. The fraction of sp³-hybridized carbons (Fsp3) is 0.614. The number of aliphatic hydroxyl groups excluding tert-OH is 3. The van der Waals surface area contributed by atoms with Gasteiger partial charge in [-0.2, -0.15) is 0 Å². The molecule has 0 spiro atoms. The summed E-state index contributed by atoms with van der Waals surface area (Å²) in [6, 6.07) is 16.2. The number of benzene rings is 2. The lowest BCUT2D eigenvalue weighted by atomic mass is 9.86. The number of carboxylic acids is 1. The van der Waals surface area contributed by atoms with Gasteiger partial charge in [0, 0.05) is 31.9 Å². The molecule has 0 saturated carbocycles. The molecule has 0 aromatic heterocycles. The molecule has 0 bridgehead atoms. The van der Waals surface area contributed by atoms with Crippen molar-refractivity contribution >= 4 is 18.3 Å². The zero-order valence-electron chi connectivity index (χ0n) is 35.4. The number of terminal acetylenes is 1. The molecule has 0 aliphatic carbocycles. The largest absolute Gasteiger partial charge is 0.494 e. The van der Waals surface area contributed by atoms with Crippen LogP contribution in [0.2, 0.25) is 0 Å². The monoisotopic (exact) mass is 791 g/mol. The van der Waals surface area contributed by atoms with Gasteiger partial charge in [0.1, 0.15) is 11.9 Å². The summed E-state index contributed by atoms with van der Waals surface area (Å²) in [6.45, 7) is 15.9. The van der Waals surface area contributed by atoms with Gasteiger partial charge in [-0.05, 0) is 42.5 Å². The van der Waals surface area contributed by atoms with E-state index in [4.69, 9.17) is 25.4 Å². The number of aliphatic hydroxyl groups is 3. The number of amides is 2. The van der Waals surface area contributed by atoms with E-state index < -0.39 is 36.0 Å². The molecule has 7 N–H and O–H groups in total. The van der Waals surface area contributed by atoms with E-state index in [9.17, 15) is 30.0 Å². The van der Waals surface area contributed by atoms with Crippen LogP contribution in [0.1, 0.15) is 124 Å². The highest BCUT2D eigenvalue weighted by Crippen LogP contribution is 2.36. The number of carbonyl (C=O) groups is 3. The first-order valence-corrected chi connectivity index (χ1v) is 20.3.